The third kappa shape index (κ3) is 5.83. The van der Waals surface area contributed by atoms with Crippen molar-refractivity contribution < 1.29 is 14.3 Å². The van der Waals surface area contributed by atoms with Gasteiger partial charge in [-0.3, -0.25) is 9.59 Å². The summed E-state index contributed by atoms with van der Waals surface area (Å²) in [5.74, 6) is 1.20. The van der Waals surface area contributed by atoms with Crippen LogP contribution in [-0.4, -0.2) is 29.9 Å². The maximum absolute atomic E-state index is 12.2. The van der Waals surface area contributed by atoms with Gasteiger partial charge >= 0.3 is 0 Å². The number of hydrogen-bond donors (Lipinski definition) is 1. The summed E-state index contributed by atoms with van der Waals surface area (Å²) in [6, 6.07) is 14.1. The molecule has 1 heterocycles. The molecule has 0 spiro atoms. The Bertz CT molecular complexity index is 859. The third-order valence-corrected chi connectivity index (χ3v) is 5.21. The fraction of sp³-hybridized carbons (Fsp3) is 0.417. The van der Waals surface area contributed by atoms with E-state index in [2.05, 4.69) is 31.3 Å². The highest BCUT2D eigenvalue weighted by Crippen LogP contribution is 2.27. The van der Waals surface area contributed by atoms with E-state index in [1.807, 2.05) is 42.2 Å². The first-order valence-electron chi connectivity index (χ1n) is 10.3. The molecule has 1 fully saturated rings. The Hall–Kier alpha value is -2.82. The summed E-state index contributed by atoms with van der Waals surface area (Å²) >= 11 is 0. The van der Waals surface area contributed by atoms with Crippen molar-refractivity contribution in [3.05, 3.63) is 64.7 Å². The largest absolute Gasteiger partial charge is 0.483 e. The molecule has 1 saturated heterocycles. The number of hydrogen-bond acceptors (Lipinski definition) is 3. The summed E-state index contributed by atoms with van der Waals surface area (Å²) in [4.78, 5) is 25.8. The molecule has 0 saturated carbocycles. The van der Waals surface area contributed by atoms with Crippen LogP contribution >= 0.6 is 0 Å². The van der Waals surface area contributed by atoms with Crippen LogP contribution in [0.2, 0.25) is 0 Å². The van der Waals surface area contributed by atoms with Crippen LogP contribution in [0.4, 0.5) is 0 Å². The number of amides is 2. The van der Waals surface area contributed by atoms with Gasteiger partial charge in [0.2, 0.25) is 5.91 Å². The van der Waals surface area contributed by atoms with E-state index < -0.39 is 0 Å². The van der Waals surface area contributed by atoms with E-state index >= 15 is 0 Å². The molecule has 3 rings (SSSR count). The summed E-state index contributed by atoms with van der Waals surface area (Å²) in [5, 5.41) is 2.90. The standard InChI is InChI=1S/C24H30N2O3/c1-17(2)21-11-6-18(3)13-22(21)29-16-23(27)25-14-19-7-9-20(10-8-19)15-26-12-4-5-24(26)28/h6-11,13,17H,4-5,12,14-16H2,1-3H3,(H,25,27). The fourth-order valence-electron chi connectivity index (χ4n) is 3.49. The van der Waals surface area contributed by atoms with Crippen LogP contribution in [0.25, 0.3) is 0 Å². The summed E-state index contributed by atoms with van der Waals surface area (Å²) in [7, 11) is 0. The highest BCUT2D eigenvalue weighted by atomic mass is 16.5. The van der Waals surface area contributed by atoms with Crippen LogP contribution in [0.5, 0.6) is 5.75 Å². The van der Waals surface area contributed by atoms with Crippen molar-refractivity contribution in [3.63, 3.8) is 0 Å². The van der Waals surface area contributed by atoms with Crippen molar-refractivity contribution in [2.24, 2.45) is 0 Å². The number of nitrogens with zero attached hydrogens (tertiary/aromatic N) is 1. The molecule has 2 aromatic rings. The van der Waals surface area contributed by atoms with Gasteiger partial charge in [0, 0.05) is 26.1 Å². The lowest BCUT2D eigenvalue weighted by atomic mass is 10.0. The molecular formula is C24H30N2O3. The lowest BCUT2D eigenvalue weighted by molar-refractivity contribution is -0.128. The Morgan fingerprint density at radius 3 is 2.52 bits per heavy atom. The Morgan fingerprint density at radius 1 is 1.14 bits per heavy atom. The van der Waals surface area contributed by atoms with Gasteiger partial charge in [0.05, 0.1) is 0 Å². The minimum absolute atomic E-state index is 0.00166. The molecule has 1 aliphatic heterocycles. The van der Waals surface area contributed by atoms with Gasteiger partial charge in [-0.05, 0) is 47.6 Å². The van der Waals surface area contributed by atoms with Crippen LogP contribution in [0.15, 0.2) is 42.5 Å². The van der Waals surface area contributed by atoms with Crippen LogP contribution in [0.3, 0.4) is 0 Å². The SMILES string of the molecule is Cc1ccc(C(C)C)c(OCC(=O)NCc2ccc(CN3CCCC3=O)cc2)c1. The van der Waals surface area contributed by atoms with E-state index in [1.165, 1.54) is 0 Å². The van der Waals surface area contributed by atoms with Crippen molar-refractivity contribution in [2.45, 2.75) is 52.6 Å². The molecular weight excluding hydrogens is 364 g/mol. The van der Waals surface area contributed by atoms with E-state index in [9.17, 15) is 9.59 Å². The minimum atomic E-state index is -0.145. The van der Waals surface area contributed by atoms with Gasteiger partial charge in [-0.1, -0.05) is 50.2 Å². The van der Waals surface area contributed by atoms with E-state index in [0.29, 0.717) is 25.4 Å². The second-order valence-corrected chi connectivity index (χ2v) is 8.00. The highest BCUT2D eigenvalue weighted by molar-refractivity contribution is 5.78. The third-order valence-electron chi connectivity index (χ3n) is 5.21. The zero-order valence-electron chi connectivity index (χ0n) is 17.5. The second-order valence-electron chi connectivity index (χ2n) is 8.00. The molecule has 0 unspecified atom stereocenters. The summed E-state index contributed by atoms with van der Waals surface area (Å²) in [6.07, 6.45) is 1.61. The van der Waals surface area contributed by atoms with E-state index in [1.54, 1.807) is 0 Å². The molecule has 0 bridgehead atoms. The summed E-state index contributed by atoms with van der Waals surface area (Å²) < 4.78 is 5.78. The normalized spacial score (nSPS) is 13.8. The summed E-state index contributed by atoms with van der Waals surface area (Å²) in [5.41, 5.74) is 4.35. The number of ether oxygens (including phenoxy) is 1. The molecule has 154 valence electrons. The van der Waals surface area contributed by atoms with Crippen molar-refractivity contribution in [1.82, 2.24) is 10.2 Å². The topological polar surface area (TPSA) is 58.6 Å². The average Bonchev–Trinajstić information content (AvgIpc) is 3.10. The van der Waals surface area contributed by atoms with Crippen molar-refractivity contribution in [3.8, 4) is 5.75 Å². The molecule has 0 aliphatic carbocycles. The quantitative estimate of drug-likeness (QED) is 0.738. The minimum Gasteiger partial charge on any atom is -0.483 e. The van der Waals surface area contributed by atoms with Crippen LogP contribution in [0.1, 0.15) is 54.9 Å². The number of rotatable bonds is 8. The van der Waals surface area contributed by atoms with E-state index in [0.717, 1.165) is 41.0 Å². The van der Waals surface area contributed by atoms with E-state index in [-0.39, 0.29) is 18.4 Å². The Morgan fingerprint density at radius 2 is 1.86 bits per heavy atom. The monoisotopic (exact) mass is 394 g/mol. The Labute approximate surface area is 173 Å². The predicted molar refractivity (Wildman–Crippen MR) is 114 cm³/mol. The van der Waals surface area contributed by atoms with Crippen molar-refractivity contribution in [2.75, 3.05) is 13.2 Å². The average molecular weight is 395 g/mol. The number of nitrogens with one attached hydrogen (secondary N) is 1. The highest BCUT2D eigenvalue weighted by Gasteiger charge is 2.19. The molecule has 5 heteroatoms. The molecule has 0 aromatic heterocycles. The van der Waals surface area contributed by atoms with Gasteiger partial charge < -0.3 is 15.0 Å². The van der Waals surface area contributed by atoms with Gasteiger partial charge in [0.1, 0.15) is 5.75 Å². The smallest absolute Gasteiger partial charge is 0.258 e. The fourth-order valence-corrected chi connectivity index (χ4v) is 3.49. The van der Waals surface area contributed by atoms with Gasteiger partial charge in [-0.2, -0.15) is 0 Å². The zero-order valence-corrected chi connectivity index (χ0v) is 17.5. The lowest BCUT2D eigenvalue weighted by Gasteiger charge is -2.16. The number of likely N-dealkylation sites (tertiary alicyclic amines) is 1. The first-order chi connectivity index (χ1) is 13.9. The molecule has 2 amide bonds. The van der Waals surface area contributed by atoms with Gasteiger partial charge in [0.15, 0.2) is 6.61 Å². The molecule has 1 N–H and O–H groups in total. The number of carbonyl (C=O) groups is 2. The van der Waals surface area contributed by atoms with Gasteiger partial charge in [-0.15, -0.1) is 0 Å². The number of aryl methyl sites for hydroxylation is 1. The van der Waals surface area contributed by atoms with Gasteiger partial charge in [-0.25, -0.2) is 0 Å². The van der Waals surface area contributed by atoms with Crippen molar-refractivity contribution in [1.29, 1.82) is 0 Å². The Kier molecular flexibility index (Phi) is 6.91. The second kappa shape index (κ2) is 9.59. The number of benzene rings is 2. The maximum Gasteiger partial charge on any atom is 0.258 e. The maximum atomic E-state index is 12.2. The molecule has 0 atom stereocenters. The predicted octanol–water partition coefficient (Wildman–Crippen LogP) is 3.94. The van der Waals surface area contributed by atoms with Crippen LogP contribution < -0.4 is 10.1 Å². The Balaban J connectivity index is 1.47. The lowest BCUT2D eigenvalue weighted by Crippen LogP contribution is -2.28. The molecule has 1 aliphatic rings. The first kappa shape index (κ1) is 20.9. The number of carbonyl (C=O) groups excluding carboxylic acids is 2. The zero-order chi connectivity index (χ0) is 20.8. The molecule has 29 heavy (non-hydrogen) atoms. The molecule has 2 aromatic carbocycles. The van der Waals surface area contributed by atoms with Gasteiger partial charge in [0.25, 0.3) is 5.91 Å². The van der Waals surface area contributed by atoms with E-state index in [4.69, 9.17) is 4.74 Å². The molecule has 0 radical (unpaired) electrons. The first-order valence-corrected chi connectivity index (χ1v) is 10.3. The molecule has 5 nitrogen and oxygen atoms in total. The van der Waals surface area contributed by atoms with Crippen molar-refractivity contribution >= 4 is 11.8 Å². The van der Waals surface area contributed by atoms with Crippen LogP contribution in [0, 0.1) is 6.92 Å². The van der Waals surface area contributed by atoms with Crippen LogP contribution in [-0.2, 0) is 22.7 Å². The summed E-state index contributed by atoms with van der Waals surface area (Å²) in [6.45, 7) is 8.19.